The lowest BCUT2D eigenvalue weighted by molar-refractivity contribution is -0.116. The van der Waals surface area contributed by atoms with Crippen LogP contribution < -0.4 is 9.80 Å². The van der Waals surface area contributed by atoms with Crippen LogP contribution in [0.25, 0.3) is 10.3 Å². The molecule has 4 heterocycles. The molecule has 7 nitrogen and oxygen atoms in total. The molecule has 2 aliphatic heterocycles. The minimum atomic E-state index is 0.0454. The van der Waals surface area contributed by atoms with Crippen LogP contribution >= 0.6 is 11.3 Å². The maximum atomic E-state index is 13.0. The fourth-order valence-electron chi connectivity index (χ4n) is 4.04. The fourth-order valence-corrected chi connectivity index (χ4v) is 5.00. The third kappa shape index (κ3) is 3.23. The Hall–Kier alpha value is -3.00. The number of pyridine rings is 1. The number of rotatable bonds is 2. The molecule has 0 saturated carbocycles. The van der Waals surface area contributed by atoms with E-state index < -0.39 is 0 Å². The topological polar surface area (TPSA) is 69.6 Å². The molecule has 29 heavy (non-hydrogen) atoms. The summed E-state index contributed by atoms with van der Waals surface area (Å²) >= 11 is 1.59. The van der Waals surface area contributed by atoms with Gasteiger partial charge in [-0.2, -0.15) is 0 Å². The van der Waals surface area contributed by atoms with Crippen LogP contribution in [0.4, 0.5) is 10.8 Å². The number of hydrogen-bond donors (Lipinski definition) is 0. The van der Waals surface area contributed by atoms with E-state index >= 15 is 0 Å². The molecule has 3 aromatic rings. The summed E-state index contributed by atoms with van der Waals surface area (Å²) in [6.45, 7) is 5.12. The van der Waals surface area contributed by atoms with Gasteiger partial charge in [-0.1, -0.05) is 11.3 Å². The Balaban J connectivity index is 1.27. The first kappa shape index (κ1) is 18.1. The highest BCUT2D eigenvalue weighted by atomic mass is 32.1. The molecule has 0 radical (unpaired) electrons. The first-order valence-electron chi connectivity index (χ1n) is 9.77. The Morgan fingerprint density at radius 3 is 2.66 bits per heavy atom. The van der Waals surface area contributed by atoms with E-state index in [1.165, 1.54) is 0 Å². The Morgan fingerprint density at radius 2 is 1.90 bits per heavy atom. The third-order valence-corrected chi connectivity index (χ3v) is 6.63. The molecule has 0 aliphatic carbocycles. The standard InChI is InChI=1S/C21H21N5O2S/c1-14(27)26-8-6-15-13-16(4-5-18(15)26)20(28)24-9-11-25(12-10-24)21-23-17-3-2-7-22-19(17)29-21/h2-5,7,13H,6,8-12H2,1H3. The number of nitrogens with zero attached hydrogens (tertiary/aromatic N) is 5. The number of anilines is 2. The molecular formula is C21H21N5O2S. The van der Waals surface area contributed by atoms with Crippen molar-refractivity contribution in [3.63, 3.8) is 0 Å². The van der Waals surface area contributed by atoms with Crippen molar-refractivity contribution in [2.45, 2.75) is 13.3 Å². The van der Waals surface area contributed by atoms with Gasteiger partial charge in [-0.3, -0.25) is 9.59 Å². The largest absolute Gasteiger partial charge is 0.344 e. The SMILES string of the molecule is CC(=O)N1CCc2cc(C(=O)N3CCN(c4nc5cccnc5s4)CC3)ccc21. The van der Waals surface area contributed by atoms with Gasteiger partial charge in [-0.05, 0) is 42.3 Å². The summed E-state index contributed by atoms with van der Waals surface area (Å²) < 4.78 is 0. The van der Waals surface area contributed by atoms with Gasteiger partial charge in [-0.15, -0.1) is 0 Å². The average molecular weight is 407 g/mol. The molecule has 0 N–H and O–H groups in total. The van der Waals surface area contributed by atoms with Gasteiger partial charge >= 0.3 is 0 Å². The van der Waals surface area contributed by atoms with Crippen LogP contribution in [0.1, 0.15) is 22.8 Å². The molecule has 0 spiro atoms. The zero-order valence-corrected chi connectivity index (χ0v) is 17.0. The van der Waals surface area contributed by atoms with Crippen LogP contribution in [0, 0.1) is 0 Å². The molecule has 1 aromatic carbocycles. The molecule has 148 valence electrons. The van der Waals surface area contributed by atoms with E-state index in [9.17, 15) is 9.59 Å². The summed E-state index contributed by atoms with van der Waals surface area (Å²) in [6.07, 6.45) is 2.59. The number of carbonyl (C=O) groups is 2. The lowest BCUT2D eigenvalue weighted by Gasteiger charge is -2.34. The number of benzene rings is 1. The highest BCUT2D eigenvalue weighted by molar-refractivity contribution is 7.21. The summed E-state index contributed by atoms with van der Waals surface area (Å²) in [5.41, 5.74) is 3.63. The Labute approximate surface area is 172 Å². The molecule has 5 rings (SSSR count). The molecule has 1 saturated heterocycles. The van der Waals surface area contributed by atoms with Crippen LogP contribution in [0.2, 0.25) is 0 Å². The highest BCUT2D eigenvalue weighted by Crippen LogP contribution is 2.30. The van der Waals surface area contributed by atoms with Gasteiger partial charge in [0.1, 0.15) is 10.3 Å². The first-order valence-corrected chi connectivity index (χ1v) is 10.6. The van der Waals surface area contributed by atoms with E-state index in [1.54, 1.807) is 29.4 Å². The van der Waals surface area contributed by atoms with Crippen molar-refractivity contribution in [2.24, 2.45) is 0 Å². The molecule has 0 atom stereocenters. The maximum Gasteiger partial charge on any atom is 0.253 e. The van der Waals surface area contributed by atoms with Crippen LogP contribution in [0.3, 0.4) is 0 Å². The van der Waals surface area contributed by atoms with Crippen molar-refractivity contribution < 1.29 is 9.59 Å². The summed E-state index contributed by atoms with van der Waals surface area (Å²) in [6, 6.07) is 9.57. The van der Waals surface area contributed by atoms with E-state index in [0.717, 1.165) is 46.2 Å². The predicted octanol–water partition coefficient (Wildman–Crippen LogP) is 2.56. The normalized spacial score (nSPS) is 16.4. The van der Waals surface area contributed by atoms with Gasteiger partial charge in [0.15, 0.2) is 5.13 Å². The van der Waals surface area contributed by atoms with Gasteiger partial charge < -0.3 is 14.7 Å². The second-order valence-electron chi connectivity index (χ2n) is 7.37. The van der Waals surface area contributed by atoms with E-state index in [2.05, 4.69) is 14.9 Å². The molecule has 0 bridgehead atoms. The van der Waals surface area contributed by atoms with E-state index in [0.29, 0.717) is 25.2 Å². The average Bonchev–Trinajstić information content (AvgIpc) is 3.37. The lowest BCUT2D eigenvalue weighted by Crippen LogP contribution is -2.48. The van der Waals surface area contributed by atoms with Gasteiger partial charge in [0.05, 0.1) is 0 Å². The van der Waals surface area contributed by atoms with Gasteiger partial charge in [0, 0.05) is 57.1 Å². The van der Waals surface area contributed by atoms with Crippen molar-refractivity contribution in [3.05, 3.63) is 47.7 Å². The zero-order chi connectivity index (χ0) is 20.0. The number of carbonyl (C=O) groups excluding carboxylic acids is 2. The monoisotopic (exact) mass is 407 g/mol. The molecule has 0 unspecified atom stereocenters. The van der Waals surface area contributed by atoms with Crippen LogP contribution in [0.5, 0.6) is 0 Å². The minimum absolute atomic E-state index is 0.0454. The predicted molar refractivity (Wildman–Crippen MR) is 114 cm³/mol. The molecule has 8 heteroatoms. The maximum absolute atomic E-state index is 13.0. The second kappa shape index (κ2) is 7.11. The number of amides is 2. The number of hydrogen-bond acceptors (Lipinski definition) is 6. The van der Waals surface area contributed by atoms with Crippen LogP contribution in [-0.2, 0) is 11.2 Å². The van der Waals surface area contributed by atoms with E-state index in [4.69, 9.17) is 0 Å². The second-order valence-corrected chi connectivity index (χ2v) is 8.32. The number of fused-ring (bicyclic) bond motifs is 2. The Morgan fingerprint density at radius 1 is 1.07 bits per heavy atom. The third-order valence-electron chi connectivity index (χ3n) is 5.59. The minimum Gasteiger partial charge on any atom is -0.344 e. The number of thiazole rings is 1. The quantitative estimate of drug-likeness (QED) is 0.653. The molecular weight excluding hydrogens is 386 g/mol. The number of piperazine rings is 1. The summed E-state index contributed by atoms with van der Waals surface area (Å²) in [4.78, 5) is 40.6. The van der Waals surface area contributed by atoms with Crippen molar-refractivity contribution in [1.82, 2.24) is 14.9 Å². The molecule has 2 aliphatic rings. The lowest BCUT2D eigenvalue weighted by atomic mass is 10.1. The van der Waals surface area contributed by atoms with Crippen LogP contribution in [-0.4, -0.2) is 59.4 Å². The van der Waals surface area contributed by atoms with E-state index in [-0.39, 0.29) is 11.8 Å². The first-order chi connectivity index (χ1) is 14.1. The summed E-state index contributed by atoms with van der Waals surface area (Å²) in [7, 11) is 0. The number of aromatic nitrogens is 2. The van der Waals surface area contributed by atoms with Gasteiger partial charge in [0.25, 0.3) is 5.91 Å². The highest BCUT2D eigenvalue weighted by Gasteiger charge is 2.27. The van der Waals surface area contributed by atoms with Crippen molar-refractivity contribution in [3.8, 4) is 0 Å². The van der Waals surface area contributed by atoms with Gasteiger partial charge in [0.2, 0.25) is 5.91 Å². The van der Waals surface area contributed by atoms with Crippen molar-refractivity contribution in [1.29, 1.82) is 0 Å². The molecule has 2 amide bonds. The summed E-state index contributed by atoms with van der Waals surface area (Å²) in [5, 5.41) is 0.965. The Kier molecular flexibility index (Phi) is 4.43. The van der Waals surface area contributed by atoms with Crippen molar-refractivity contribution in [2.75, 3.05) is 42.5 Å². The smallest absolute Gasteiger partial charge is 0.253 e. The van der Waals surface area contributed by atoms with Crippen molar-refractivity contribution >= 4 is 44.3 Å². The zero-order valence-electron chi connectivity index (χ0n) is 16.2. The molecule has 2 aromatic heterocycles. The summed E-state index contributed by atoms with van der Waals surface area (Å²) in [5.74, 6) is 0.101. The fraction of sp³-hybridized carbons (Fsp3) is 0.333. The van der Waals surface area contributed by atoms with Gasteiger partial charge in [-0.25, -0.2) is 9.97 Å². The van der Waals surface area contributed by atoms with Crippen LogP contribution in [0.15, 0.2) is 36.5 Å². The Bertz CT molecular complexity index is 1070. The molecule has 1 fully saturated rings. The van der Waals surface area contributed by atoms with E-state index in [1.807, 2.05) is 35.2 Å².